The lowest BCUT2D eigenvalue weighted by Crippen LogP contribution is -2.47. The Bertz CT molecular complexity index is 264. The fourth-order valence-corrected chi connectivity index (χ4v) is 2.72. The zero-order valence-corrected chi connectivity index (χ0v) is 8.61. The van der Waals surface area contributed by atoms with Crippen LogP contribution in [0.25, 0.3) is 0 Å². The summed E-state index contributed by atoms with van der Waals surface area (Å²) in [6, 6.07) is -0.444. The van der Waals surface area contributed by atoms with E-state index < -0.39 is 19.5 Å². The summed E-state index contributed by atoms with van der Waals surface area (Å²) in [5, 5.41) is 2.91. The lowest BCUT2D eigenvalue weighted by Gasteiger charge is -2.28. The van der Waals surface area contributed by atoms with E-state index in [-0.39, 0.29) is 12.1 Å². The van der Waals surface area contributed by atoms with Gasteiger partial charge < -0.3 is 20.8 Å². The average molecular weight is 222 g/mol. The first kappa shape index (κ1) is 11.7. The number of primary amides is 1. The number of carbonyl (C=O) groups is 1. The predicted octanol–water partition coefficient (Wildman–Crippen LogP) is -0.982. The molecule has 1 aliphatic heterocycles. The monoisotopic (exact) mass is 222 g/mol. The topological polar surface area (TPSA) is 113 Å². The molecule has 0 aromatic rings. The second kappa shape index (κ2) is 4.40. The van der Waals surface area contributed by atoms with Crippen molar-refractivity contribution in [3.8, 4) is 0 Å². The van der Waals surface area contributed by atoms with Gasteiger partial charge in [0.2, 0.25) is 5.91 Å². The molecule has 0 aromatic heterocycles. The van der Waals surface area contributed by atoms with E-state index in [9.17, 15) is 9.36 Å². The molecular weight excluding hydrogens is 207 g/mol. The first-order valence-electron chi connectivity index (χ1n) is 4.46. The van der Waals surface area contributed by atoms with E-state index in [2.05, 4.69) is 5.32 Å². The lowest BCUT2D eigenvalue weighted by molar-refractivity contribution is -0.120. The second-order valence-corrected chi connectivity index (χ2v) is 5.34. The average Bonchev–Trinajstić information content (AvgIpc) is 2.01. The molecule has 0 aromatic carbocycles. The summed E-state index contributed by atoms with van der Waals surface area (Å²) >= 11 is 0. The molecule has 2 atom stereocenters. The molecule has 1 heterocycles. The standard InChI is InChI=1S/C7H15N2O4P/c8-7(10)6-3-5(1-2-9-6)4-14(11,12)13/h5-6,9H,1-4H2,(H2,8,10)(H2,11,12,13)/t5-,6+/m0/s1. The Morgan fingerprint density at radius 3 is 2.71 bits per heavy atom. The molecule has 1 saturated heterocycles. The number of carbonyl (C=O) groups excluding carboxylic acids is 1. The maximum Gasteiger partial charge on any atom is 0.325 e. The molecule has 0 spiro atoms. The third-order valence-corrected chi connectivity index (χ3v) is 3.34. The SMILES string of the molecule is NC(=O)[C@H]1C[C@@H](CP(=O)(O)O)CCN1. The van der Waals surface area contributed by atoms with Gasteiger partial charge in [0.05, 0.1) is 12.2 Å². The van der Waals surface area contributed by atoms with Crippen LogP contribution in [-0.2, 0) is 9.36 Å². The van der Waals surface area contributed by atoms with E-state index in [0.29, 0.717) is 19.4 Å². The molecule has 5 N–H and O–H groups in total. The van der Waals surface area contributed by atoms with E-state index in [0.717, 1.165) is 0 Å². The molecule has 0 aliphatic carbocycles. The van der Waals surface area contributed by atoms with Crippen molar-refractivity contribution in [2.45, 2.75) is 18.9 Å². The summed E-state index contributed by atoms with van der Waals surface area (Å²) in [6.45, 7) is 0.582. The van der Waals surface area contributed by atoms with Crippen LogP contribution in [0.5, 0.6) is 0 Å². The van der Waals surface area contributed by atoms with Crippen molar-refractivity contribution >= 4 is 13.5 Å². The summed E-state index contributed by atoms with van der Waals surface area (Å²) < 4.78 is 10.7. The molecule has 0 saturated carbocycles. The summed E-state index contributed by atoms with van der Waals surface area (Å²) in [5.41, 5.74) is 5.10. The zero-order valence-electron chi connectivity index (χ0n) is 7.72. The van der Waals surface area contributed by atoms with Crippen LogP contribution in [0.4, 0.5) is 0 Å². The Balaban J connectivity index is 2.48. The number of nitrogens with one attached hydrogen (secondary N) is 1. The van der Waals surface area contributed by atoms with Crippen LogP contribution >= 0.6 is 7.60 Å². The Morgan fingerprint density at radius 1 is 1.57 bits per heavy atom. The van der Waals surface area contributed by atoms with Gasteiger partial charge in [0.25, 0.3) is 0 Å². The minimum absolute atomic E-state index is 0.116. The third kappa shape index (κ3) is 3.75. The van der Waals surface area contributed by atoms with Gasteiger partial charge in [0.1, 0.15) is 0 Å². The number of hydrogen-bond donors (Lipinski definition) is 4. The maximum absolute atomic E-state index is 10.8. The fourth-order valence-electron chi connectivity index (χ4n) is 1.72. The van der Waals surface area contributed by atoms with Gasteiger partial charge in [0.15, 0.2) is 0 Å². The Hall–Kier alpha value is -0.420. The molecular formula is C7H15N2O4P. The van der Waals surface area contributed by atoms with Crippen molar-refractivity contribution in [2.75, 3.05) is 12.7 Å². The highest BCUT2D eigenvalue weighted by molar-refractivity contribution is 7.51. The lowest BCUT2D eigenvalue weighted by atomic mass is 9.94. The van der Waals surface area contributed by atoms with Gasteiger partial charge in [-0.05, 0) is 25.3 Å². The van der Waals surface area contributed by atoms with E-state index >= 15 is 0 Å². The molecule has 1 amide bonds. The van der Waals surface area contributed by atoms with Gasteiger partial charge >= 0.3 is 7.60 Å². The largest absolute Gasteiger partial charge is 0.368 e. The van der Waals surface area contributed by atoms with Gasteiger partial charge in [0, 0.05) is 0 Å². The van der Waals surface area contributed by atoms with Crippen molar-refractivity contribution < 1.29 is 19.1 Å². The van der Waals surface area contributed by atoms with Crippen LogP contribution in [0.1, 0.15) is 12.8 Å². The molecule has 14 heavy (non-hydrogen) atoms. The fraction of sp³-hybridized carbons (Fsp3) is 0.857. The highest BCUT2D eigenvalue weighted by Gasteiger charge is 2.29. The number of piperidine rings is 1. The molecule has 1 rings (SSSR count). The maximum atomic E-state index is 10.8. The highest BCUT2D eigenvalue weighted by Crippen LogP contribution is 2.39. The van der Waals surface area contributed by atoms with Crippen LogP contribution < -0.4 is 11.1 Å². The Kier molecular flexibility index (Phi) is 3.66. The van der Waals surface area contributed by atoms with Crippen LogP contribution in [-0.4, -0.2) is 34.4 Å². The highest BCUT2D eigenvalue weighted by atomic mass is 31.2. The van der Waals surface area contributed by atoms with Gasteiger partial charge in [-0.1, -0.05) is 0 Å². The van der Waals surface area contributed by atoms with E-state index in [1.807, 2.05) is 0 Å². The summed E-state index contributed by atoms with van der Waals surface area (Å²) in [4.78, 5) is 28.4. The van der Waals surface area contributed by atoms with Gasteiger partial charge in [-0.25, -0.2) is 0 Å². The number of hydrogen-bond acceptors (Lipinski definition) is 3. The smallest absolute Gasteiger partial charge is 0.325 e. The van der Waals surface area contributed by atoms with Gasteiger partial charge in [-0.3, -0.25) is 9.36 Å². The Labute approximate surface area is 82.0 Å². The van der Waals surface area contributed by atoms with Crippen molar-refractivity contribution in [1.82, 2.24) is 5.32 Å². The first-order chi connectivity index (χ1) is 6.38. The van der Waals surface area contributed by atoms with Crippen molar-refractivity contribution in [3.05, 3.63) is 0 Å². The molecule has 82 valence electrons. The van der Waals surface area contributed by atoms with E-state index in [1.165, 1.54) is 0 Å². The zero-order chi connectivity index (χ0) is 10.8. The van der Waals surface area contributed by atoms with Gasteiger partial charge in [-0.15, -0.1) is 0 Å². The Morgan fingerprint density at radius 2 is 2.21 bits per heavy atom. The van der Waals surface area contributed by atoms with Crippen molar-refractivity contribution in [2.24, 2.45) is 11.7 Å². The quantitative estimate of drug-likeness (QED) is 0.458. The molecule has 1 fully saturated rings. The summed E-state index contributed by atoms with van der Waals surface area (Å²) in [7, 11) is -3.97. The molecule has 7 heteroatoms. The molecule has 0 radical (unpaired) electrons. The van der Waals surface area contributed by atoms with Crippen molar-refractivity contribution in [1.29, 1.82) is 0 Å². The second-order valence-electron chi connectivity index (χ2n) is 3.65. The first-order valence-corrected chi connectivity index (χ1v) is 6.25. The minimum atomic E-state index is -3.97. The molecule has 6 nitrogen and oxygen atoms in total. The van der Waals surface area contributed by atoms with Gasteiger partial charge in [-0.2, -0.15) is 0 Å². The van der Waals surface area contributed by atoms with E-state index in [1.54, 1.807) is 0 Å². The number of nitrogens with two attached hydrogens (primary N) is 1. The summed E-state index contributed by atoms with van der Waals surface area (Å²) in [6.07, 6.45) is 0.938. The van der Waals surface area contributed by atoms with Crippen LogP contribution in [0.3, 0.4) is 0 Å². The van der Waals surface area contributed by atoms with Crippen LogP contribution in [0.2, 0.25) is 0 Å². The molecule has 1 aliphatic rings. The van der Waals surface area contributed by atoms with Crippen LogP contribution in [0, 0.1) is 5.92 Å². The van der Waals surface area contributed by atoms with Crippen LogP contribution in [0.15, 0.2) is 0 Å². The van der Waals surface area contributed by atoms with Crippen molar-refractivity contribution in [3.63, 3.8) is 0 Å². The molecule has 0 bridgehead atoms. The molecule has 0 unspecified atom stereocenters. The predicted molar refractivity (Wildman–Crippen MR) is 50.6 cm³/mol. The summed E-state index contributed by atoms with van der Waals surface area (Å²) in [5.74, 6) is -0.574. The minimum Gasteiger partial charge on any atom is -0.368 e. The number of amides is 1. The van der Waals surface area contributed by atoms with E-state index in [4.69, 9.17) is 15.5 Å². The number of rotatable bonds is 3. The third-order valence-electron chi connectivity index (χ3n) is 2.35. The normalized spacial score (nSPS) is 28.7.